The van der Waals surface area contributed by atoms with Crippen molar-refractivity contribution in [2.24, 2.45) is 0 Å². The molecule has 1 fully saturated rings. The minimum absolute atomic E-state index is 0.00784. The van der Waals surface area contributed by atoms with Crippen molar-refractivity contribution >= 4 is 33.4 Å². The molecule has 1 heterocycles. The summed E-state index contributed by atoms with van der Waals surface area (Å²) in [6.45, 7) is -0.354. The number of carbonyl (C=O) groups is 2. The molecule has 0 unspecified atom stereocenters. The molecule has 1 saturated heterocycles. The number of hydrogen-bond donors (Lipinski definition) is 1. The van der Waals surface area contributed by atoms with Crippen LogP contribution < -0.4 is 10.2 Å². The average Bonchev–Trinajstić information content (AvgIpc) is 2.22. The highest BCUT2D eigenvalue weighted by molar-refractivity contribution is 9.10. The monoisotopic (exact) mass is 304 g/mol. The Morgan fingerprint density at radius 1 is 1.12 bits per heavy atom. The van der Waals surface area contributed by atoms with Crippen molar-refractivity contribution in [3.05, 3.63) is 28.2 Å². The van der Waals surface area contributed by atoms with Crippen LogP contribution in [0.5, 0.6) is 0 Å². The summed E-state index contributed by atoms with van der Waals surface area (Å²) >= 11 is 2.85. The molecule has 4 nitrogen and oxygen atoms in total. The number of hydrogen-bond acceptors (Lipinski definition) is 3. The van der Waals surface area contributed by atoms with Crippen molar-refractivity contribution in [2.45, 2.75) is 0 Å². The van der Waals surface area contributed by atoms with Gasteiger partial charge in [0.05, 0.1) is 23.2 Å². The quantitative estimate of drug-likeness (QED) is 0.626. The van der Waals surface area contributed by atoms with Gasteiger partial charge in [-0.15, -0.1) is 0 Å². The molecule has 2 amide bonds. The molecule has 0 spiro atoms. The number of rotatable bonds is 1. The van der Waals surface area contributed by atoms with Crippen LogP contribution in [0.4, 0.5) is 14.5 Å². The van der Waals surface area contributed by atoms with Crippen molar-refractivity contribution in [1.82, 2.24) is 5.32 Å². The van der Waals surface area contributed by atoms with Gasteiger partial charge in [0.15, 0.2) is 0 Å². The van der Waals surface area contributed by atoms with Crippen molar-refractivity contribution < 1.29 is 18.4 Å². The summed E-state index contributed by atoms with van der Waals surface area (Å²) in [7, 11) is 0. The first kappa shape index (κ1) is 12.0. The van der Waals surface area contributed by atoms with E-state index in [-0.39, 0.29) is 23.2 Å². The molecule has 17 heavy (non-hydrogen) atoms. The summed E-state index contributed by atoms with van der Waals surface area (Å²) in [4.78, 5) is 23.4. The van der Waals surface area contributed by atoms with E-state index < -0.39 is 23.4 Å². The molecule has 0 saturated carbocycles. The van der Waals surface area contributed by atoms with Crippen molar-refractivity contribution in [1.29, 1.82) is 0 Å². The molecule has 0 bridgehead atoms. The highest BCUT2D eigenvalue weighted by Gasteiger charge is 2.25. The number of imide groups is 1. The van der Waals surface area contributed by atoms with E-state index in [9.17, 15) is 18.4 Å². The summed E-state index contributed by atoms with van der Waals surface area (Å²) in [5, 5.41) is 2.08. The van der Waals surface area contributed by atoms with E-state index >= 15 is 0 Å². The number of halogens is 3. The fraction of sp³-hybridized carbons (Fsp3) is 0.200. The van der Waals surface area contributed by atoms with E-state index in [2.05, 4.69) is 21.2 Å². The predicted octanol–water partition coefficient (Wildman–Crippen LogP) is 1.19. The lowest BCUT2D eigenvalue weighted by molar-refractivity contribution is -0.130. The Kier molecular flexibility index (Phi) is 3.10. The third kappa shape index (κ3) is 2.44. The van der Waals surface area contributed by atoms with E-state index in [1.165, 1.54) is 4.90 Å². The molecule has 1 aliphatic heterocycles. The molecule has 1 aliphatic rings. The van der Waals surface area contributed by atoms with Gasteiger partial charge in [0.25, 0.3) is 0 Å². The van der Waals surface area contributed by atoms with E-state index in [1.54, 1.807) is 0 Å². The molecule has 2 rings (SSSR count). The van der Waals surface area contributed by atoms with Crippen LogP contribution in [0.25, 0.3) is 0 Å². The lowest BCUT2D eigenvalue weighted by Crippen LogP contribution is -2.51. The number of benzene rings is 1. The summed E-state index contributed by atoms with van der Waals surface area (Å²) < 4.78 is 26.9. The van der Waals surface area contributed by atoms with Crippen molar-refractivity contribution in [3.63, 3.8) is 0 Å². The zero-order valence-electron chi connectivity index (χ0n) is 8.47. The Morgan fingerprint density at radius 3 is 2.29 bits per heavy atom. The van der Waals surface area contributed by atoms with Crippen LogP contribution in [0.15, 0.2) is 16.6 Å². The summed E-state index contributed by atoms with van der Waals surface area (Å²) in [6.07, 6.45) is 0. The normalized spacial score (nSPS) is 16.1. The Balaban J connectivity index is 2.36. The zero-order chi connectivity index (χ0) is 12.6. The Morgan fingerprint density at radius 2 is 1.71 bits per heavy atom. The van der Waals surface area contributed by atoms with Gasteiger partial charge in [0, 0.05) is 6.07 Å². The standard InChI is InChI=1S/C10H7BrF2N2O2/c11-5-1-7(13)8(2-6(5)12)15-3-9(16)14-10(17)4-15/h1-2H,3-4H2,(H,14,16,17). The third-order valence-electron chi connectivity index (χ3n) is 2.28. The van der Waals surface area contributed by atoms with E-state index in [1.807, 2.05) is 0 Å². The number of piperazine rings is 1. The van der Waals surface area contributed by atoms with Gasteiger partial charge < -0.3 is 4.90 Å². The highest BCUT2D eigenvalue weighted by Crippen LogP contribution is 2.26. The van der Waals surface area contributed by atoms with Crippen LogP contribution in [0.3, 0.4) is 0 Å². The maximum atomic E-state index is 13.6. The molecule has 7 heteroatoms. The zero-order valence-corrected chi connectivity index (χ0v) is 10.1. The molecular formula is C10H7BrF2N2O2. The van der Waals surface area contributed by atoms with Gasteiger partial charge in [-0.05, 0) is 22.0 Å². The van der Waals surface area contributed by atoms with Crippen LogP contribution in [0.2, 0.25) is 0 Å². The Bertz CT molecular complexity index is 491. The van der Waals surface area contributed by atoms with Crippen LogP contribution in [-0.2, 0) is 9.59 Å². The molecule has 0 radical (unpaired) electrons. The molecule has 0 atom stereocenters. The second kappa shape index (κ2) is 4.40. The first-order chi connectivity index (χ1) is 7.97. The van der Waals surface area contributed by atoms with Crippen molar-refractivity contribution in [2.75, 3.05) is 18.0 Å². The van der Waals surface area contributed by atoms with Crippen LogP contribution in [0, 0.1) is 11.6 Å². The van der Waals surface area contributed by atoms with Gasteiger partial charge in [-0.3, -0.25) is 14.9 Å². The third-order valence-corrected chi connectivity index (χ3v) is 2.89. The number of anilines is 1. The average molecular weight is 305 g/mol. The minimum Gasteiger partial charge on any atom is -0.350 e. The van der Waals surface area contributed by atoms with Crippen LogP contribution in [-0.4, -0.2) is 24.9 Å². The maximum Gasteiger partial charge on any atom is 0.246 e. The van der Waals surface area contributed by atoms with E-state index in [0.29, 0.717) is 0 Å². The largest absolute Gasteiger partial charge is 0.350 e. The molecule has 1 aromatic rings. The number of nitrogens with one attached hydrogen (secondary N) is 1. The second-order valence-corrected chi connectivity index (χ2v) is 4.40. The van der Waals surface area contributed by atoms with E-state index in [4.69, 9.17) is 0 Å². The first-order valence-corrected chi connectivity index (χ1v) is 5.49. The Hall–Kier alpha value is -1.50. The van der Waals surface area contributed by atoms with Crippen molar-refractivity contribution in [3.8, 4) is 0 Å². The molecule has 1 aromatic carbocycles. The topological polar surface area (TPSA) is 49.4 Å². The van der Waals surface area contributed by atoms with Gasteiger partial charge in [-0.1, -0.05) is 0 Å². The van der Waals surface area contributed by atoms with Crippen LogP contribution >= 0.6 is 15.9 Å². The fourth-order valence-corrected chi connectivity index (χ4v) is 1.88. The maximum absolute atomic E-state index is 13.6. The fourth-order valence-electron chi connectivity index (χ4n) is 1.56. The molecule has 0 aliphatic carbocycles. The van der Waals surface area contributed by atoms with Gasteiger partial charge in [0.1, 0.15) is 11.6 Å². The highest BCUT2D eigenvalue weighted by atomic mass is 79.9. The van der Waals surface area contributed by atoms with Gasteiger partial charge in [-0.2, -0.15) is 0 Å². The lowest BCUT2D eigenvalue weighted by Gasteiger charge is -2.27. The lowest BCUT2D eigenvalue weighted by atomic mass is 10.2. The predicted molar refractivity (Wildman–Crippen MR) is 59.4 cm³/mol. The van der Waals surface area contributed by atoms with E-state index in [0.717, 1.165) is 12.1 Å². The summed E-state index contributed by atoms with van der Waals surface area (Å²) in [6, 6.07) is 1.91. The van der Waals surface area contributed by atoms with Gasteiger partial charge in [-0.25, -0.2) is 8.78 Å². The molecule has 1 N–H and O–H groups in total. The molecular weight excluding hydrogens is 298 g/mol. The SMILES string of the molecule is O=C1CN(c2cc(F)c(Br)cc2F)CC(=O)N1. The first-order valence-electron chi connectivity index (χ1n) is 4.69. The van der Waals surface area contributed by atoms with Gasteiger partial charge in [0.2, 0.25) is 11.8 Å². The smallest absolute Gasteiger partial charge is 0.246 e. The minimum atomic E-state index is -0.694. The molecule has 90 valence electrons. The Labute approximate surface area is 104 Å². The summed E-state index contributed by atoms with van der Waals surface area (Å²) in [5.41, 5.74) is -0.103. The summed E-state index contributed by atoms with van der Waals surface area (Å²) in [5.74, 6) is -2.42. The number of amides is 2. The number of carbonyl (C=O) groups excluding carboxylic acids is 2. The second-order valence-electron chi connectivity index (χ2n) is 3.55. The molecule has 0 aromatic heterocycles. The van der Waals surface area contributed by atoms with Gasteiger partial charge >= 0.3 is 0 Å². The number of nitrogens with zero attached hydrogens (tertiary/aromatic N) is 1. The van der Waals surface area contributed by atoms with Crippen LogP contribution in [0.1, 0.15) is 0 Å².